The molecule has 1 aliphatic heterocycles. The normalized spacial score (nSPS) is 15.4. The molecule has 1 fully saturated rings. The van der Waals surface area contributed by atoms with Gasteiger partial charge in [-0.2, -0.15) is 0 Å². The van der Waals surface area contributed by atoms with Gasteiger partial charge in [-0.1, -0.05) is 16.8 Å². The van der Waals surface area contributed by atoms with Crippen LogP contribution in [-0.2, 0) is 11.3 Å². The van der Waals surface area contributed by atoms with Gasteiger partial charge in [0.15, 0.2) is 0 Å². The van der Waals surface area contributed by atoms with E-state index in [9.17, 15) is 4.79 Å². The lowest BCUT2D eigenvalue weighted by atomic mass is 10.1. The molecule has 0 aliphatic carbocycles. The van der Waals surface area contributed by atoms with Crippen molar-refractivity contribution in [2.45, 2.75) is 31.7 Å². The Balaban J connectivity index is 1.40. The third kappa shape index (κ3) is 5.02. The van der Waals surface area contributed by atoms with Gasteiger partial charge < -0.3 is 9.42 Å². The quantitative estimate of drug-likeness (QED) is 0.699. The van der Waals surface area contributed by atoms with Gasteiger partial charge in [-0.05, 0) is 38.1 Å². The van der Waals surface area contributed by atoms with Gasteiger partial charge in [0.2, 0.25) is 5.91 Å². The molecule has 0 N–H and O–H groups in total. The maximum absolute atomic E-state index is 12.4. The Kier molecular flexibility index (Phi) is 6.62. The van der Waals surface area contributed by atoms with Crippen LogP contribution in [0.4, 0.5) is 0 Å². The molecule has 2 heterocycles. The highest BCUT2D eigenvalue weighted by atomic mass is 35.5. The number of thioether (sulfide) groups is 1. The third-order valence-corrected chi connectivity index (χ3v) is 5.95. The van der Waals surface area contributed by atoms with Gasteiger partial charge in [-0.15, -0.1) is 11.8 Å². The Labute approximate surface area is 163 Å². The van der Waals surface area contributed by atoms with Crippen molar-refractivity contribution >= 4 is 29.3 Å². The molecular formula is C19H24ClN3O2S. The van der Waals surface area contributed by atoms with Crippen LogP contribution in [0.25, 0.3) is 0 Å². The minimum Gasteiger partial charge on any atom is -0.361 e. The van der Waals surface area contributed by atoms with Crippen molar-refractivity contribution in [2.24, 2.45) is 0 Å². The summed E-state index contributed by atoms with van der Waals surface area (Å²) in [6.07, 6.45) is 0.567. The van der Waals surface area contributed by atoms with Crippen molar-refractivity contribution in [2.75, 3.05) is 31.9 Å². The molecular weight excluding hydrogens is 370 g/mol. The molecule has 26 heavy (non-hydrogen) atoms. The maximum Gasteiger partial charge on any atom is 0.223 e. The number of piperazine rings is 1. The SMILES string of the molecule is Cc1noc(C)c1CN1CCN(C(=O)CCSc2ccc(Cl)cc2)CC1. The predicted molar refractivity (Wildman–Crippen MR) is 105 cm³/mol. The molecule has 2 aromatic rings. The van der Waals surface area contributed by atoms with E-state index >= 15 is 0 Å². The average molecular weight is 394 g/mol. The van der Waals surface area contributed by atoms with Crippen molar-refractivity contribution in [3.05, 3.63) is 46.3 Å². The lowest BCUT2D eigenvalue weighted by Crippen LogP contribution is -2.48. The van der Waals surface area contributed by atoms with E-state index in [1.54, 1.807) is 11.8 Å². The first-order chi connectivity index (χ1) is 12.5. The van der Waals surface area contributed by atoms with Crippen LogP contribution >= 0.6 is 23.4 Å². The van der Waals surface area contributed by atoms with E-state index < -0.39 is 0 Å². The molecule has 0 atom stereocenters. The fraction of sp³-hybridized carbons (Fsp3) is 0.474. The second kappa shape index (κ2) is 8.93. The highest BCUT2D eigenvalue weighted by Crippen LogP contribution is 2.21. The van der Waals surface area contributed by atoms with Crippen molar-refractivity contribution < 1.29 is 9.32 Å². The number of benzene rings is 1. The molecule has 0 bridgehead atoms. The number of aryl methyl sites for hydroxylation is 2. The van der Waals surface area contributed by atoms with E-state index in [2.05, 4.69) is 10.1 Å². The smallest absolute Gasteiger partial charge is 0.223 e. The predicted octanol–water partition coefficient (Wildman–Crippen LogP) is 3.77. The Morgan fingerprint density at radius 3 is 2.50 bits per heavy atom. The van der Waals surface area contributed by atoms with E-state index in [1.165, 1.54) is 5.56 Å². The fourth-order valence-electron chi connectivity index (χ4n) is 3.05. The first-order valence-electron chi connectivity index (χ1n) is 8.83. The van der Waals surface area contributed by atoms with Crippen LogP contribution in [0.1, 0.15) is 23.4 Å². The molecule has 0 saturated carbocycles. The summed E-state index contributed by atoms with van der Waals surface area (Å²) in [7, 11) is 0. The van der Waals surface area contributed by atoms with E-state index in [0.29, 0.717) is 6.42 Å². The van der Waals surface area contributed by atoms with Gasteiger partial charge in [0.1, 0.15) is 5.76 Å². The second-order valence-corrected chi connectivity index (χ2v) is 8.12. The molecule has 7 heteroatoms. The molecule has 0 radical (unpaired) electrons. The minimum atomic E-state index is 0.239. The molecule has 1 saturated heterocycles. The van der Waals surface area contributed by atoms with Crippen LogP contribution < -0.4 is 0 Å². The number of carbonyl (C=O) groups excluding carboxylic acids is 1. The van der Waals surface area contributed by atoms with Gasteiger partial charge >= 0.3 is 0 Å². The molecule has 0 spiro atoms. The fourth-order valence-corrected chi connectivity index (χ4v) is 4.02. The van der Waals surface area contributed by atoms with Crippen LogP contribution in [-0.4, -0.2) is 52.8 Å². The minimum absolute atomic E-state index is 0.239. The van der Waals surface area contributed by atoms with Gasteiger partial charge in [-0.25, -0.2) is 0 Å². The first-order valence-corrected chi connectivity index (χ1v) is 10.2. The van der Waals surface area contributed by atoms with Crippen molar-refractivity contribution in [3.63, 3.8) is 0 Å². The first kappa shape index (κ1) is 19.3. The van der Waals surface area contributed by atoms with E-state index in [4.69, 9.17) is 16.1 Å². The Morgan fingerprint density at radius 2 is 1.88 bits per heavy atom. The Bertz CT molecular complexity index is 720. The number of nitrogens with zero attached hydrogens (tertiary/aromatic N) is 3. The van der Waals surface area contributed by atoms with Gasteiger partial charge in [-0.3, -0.25) is 9.69 Å². The summed E-state index contributed by atoms with van der Waals surface area (Å²) in [5.41, 5.74) is 2.13. The van der Waals surface area contributed by atoms with Crippen LogP contribution in [0.2, 0.25) is 5.02 Å². The van der Waals surface area contributed by atoms with Crippen molar-refractivity contribution in [1.29, 1.82) is 0 Å². The van der Waals surface area contributed by atoms with E-state index in [0.717, 1.165) is 59.8 Å². The highest BCUT2D eigenvalue weighted by Gasteiger charge is 2.22. The number of halogens is 1. The van der Waals surface area contributed by atoms with E-state index in [1.807, 2.05) is 43.0 Å². The van der Waals surface area contributed by atoms with Gasteiger partial charge in [0.25, 0.3) is 0 Å². The molecule has 1 aliphatic rings. The molecule has 1 aromatic heterocycles. The molecule has 140 valence electrons. The summed E-state index contributed by atoms with van der Waals surface area (Å²) in [5.74, 6) is 1.92. The zero-order chi connectivity index (χ0) is 18.5. The topological polar surface area (TPSA) is 49.6 Å². The number of carbonyl (C=O) groups is 1. The number of rotatable bonds is 6. The maximum atomic E-state index is 12.4. The summed E-state index contributed by atoms with van der Waals surface area (Å²) >= 11 is 7.58. The summed E-state index contributed by atoms with van der Waals surface area (Å²) in [6.45, 7) is 8.12. The number of hydrogen-bond acceptors (Lipinski definition) is 5. The van der Waals surface area contributed by atoms with Gasteiger partial charge in [0.05, 0.1) is 5.69 Å². The second-order valence-electron chi connectivity index (χ2n) is 6.51. The molecule has 5 nitrogen and oxygen atoms in total. The van der Waals surface area contributed by atoms with Crippen LogP contribution in [0.3, 0.4) is 0 Å². The average Bonchev–Trinajstić information content (AvgIpc) is 2.96. The highest BCUT2D eigenvalue weighted by molar-refractivity contribution is 7.99. The Morgan fingerprint density at radius 1 is 1.19 bits per heavy atom. The standard InChI is InChI=1S/C19H24ClN3O2S/c1-14-18(15(2)25-21-14)13-22-8-10-23(11-9-22)19(24)7-12-26-17-5-3-16(20)4-6-17/h3-6H,7-13H2,1-2H3. The molecule has 3 rings (SSSR count). The molecule has 1 aromatic carbocycles. The zero-order valence-corrected chi connectivity index (χ0v) is 16.8. The number of aromatic nitrogens is 1. The third-order valence-electron chi connectivity index (χ3n) is 4.69. The summed E-state index contributed by atoms with van der Waals surface area (Å²) in [5, 5.41) is 4.75. The Hall–Kier alpha value is -1.50. The van der Waals surface area contributed by atoms with Crippen molar-refractivity contribution in [1.82, 2.24) is 15.0 Å². The largest absolute Gasteiger partial charge is 0.361 e. The van der Waals surface area contributed by atoms with Crippen LogP contribution in [0.5, 0.6) is 0 Å². The van der Waals surface area contributed by atoms with Gasteiger partial charge in [0, 0.05) is 60.4 Å². The molecule has 0 unspecified atom stereocenters. The lowest BCUT2D eigenvalue weighted by molar-refractivity contribution is -0.132. The summed E-state index contributed by atoms with van der Waals surface area (Å²) in [4.78, 5) is 17.9. The summed E-state index contributed by atoms with van der Waals surface area (Å²) < 4.78 is 5.23. The lowest BCUT2D eigenvalue weighted by Gasteiger charge is -2.34. The molecule has 1 amide bonds. The van der Waals surface area contributed by atoms with Crippen LogP contribution in [0, 0.1) is 13.8 Å². The zero-order valence-electron chi connectivity index (χ0n) is 15.2. The summed E-state index contributed by atoms with van der Waals surface area (Å²) in [6, 6.07) is 7.74. The monoisotopic (exact) mass is 393 g/mol. The number of amides is 1. The number of hydrogen-bond donors (Lipinski definition) is 0. The van der Waals surface area contributed by atoms with E-state index in [-0.39, 0.29) is 5.91 Å². The van der Waals surface area contributed by atoms with Crippen LogP contribution in [0.15, 0.2) is 33.7 Å². The van der Waals surface area contributed by atoms with Crippen molar-refractivity contribution in [3.8, 4) is 0 Å².